The SMILES string of the molecule is CC(=O)OCCOCCOCCC(=O)Oc1c(F)c(F)c(F)c(F)c1F. The van der Waals surface area contributed by atoms with E-state index in [9.17, 15) is 31.5 Å². The molecule has 1 rings (SSSR count). The zero-order valence-corrected chi connectivity index (χ0v) is 13.6. The molecule has 0 aliphatic heterocycles. The predicted molar refractivity (Wildman–Crippen MR) is 74.8 cm³/mol. The van der Waals surface area contributed by atoms with Crippen molar-refractivity contribution in [2.24, 2.45) is 0 Å². The van der Waals surface area contributed by atoms with Crippen molar-refractivity contribution in [2.75, 3.05) is 33.0 Å². The Morgan fingerprint density at radius 1 is 0.731 bits per heavy atom. The van der Waals surface area contributed by atoms with E-state index in [1.165, 1.54) is 6.92 Å². The van der Waals surface area contributed by atoms with Crippen LogP contribution in [0.1, 0.15) is 13.3 Å². The van der Waals surface area contributed by atoms with Gasteiger partial charge in [-0.25, -0.2) is 13.2 Å². The Labute approximate surface area is 144 Å². The molecule has 0 fully saturated rings. The number of halogens is 5. The van der Waals surface area contributed by atoms with E-state index in [4.69, 9.17) is 9.47 Å². The molecule has 1 aromatic carbocycles. The van der Waals surface area contributed by atoms with Crippen molar-refractivity contribution < 1.29 is 50.5 Å². The topological polar surface area (TPSA) is 71.1 Å². The van der Waals surface area contributed by atoms with E-state index in [0.717, 1.165) is 0 Å². The Kier molecular flexibility index (Phi) is 8.93. The van der Waals surface area contributed by atoms with Crippen LogP contribution in [-0.2, 0) is 23.8 Å². The van der Waals surface area contributed by atoms with Gasteiger partial charge in [-0.1, -0.05) is 0 Å². The number of benzene rings is 1. The maximum atomic E-state index is 13.3. The van der Waals surface area contributed by atoms with Crippen molar-refractivity contribution in [3.63, 3.8) is 0 Å². The molecule has 0 spiro atoms. The van der Waals surface area contributed by atoms with Gasteiger partial charge in [0.25, 0.3) is 0 Å². The van der Waals surface area contributed by atoms with Crippen LogP contribution in [0.25, 0.3) is 0 Å². The van der Waals surface area contributed by atoms with Crippen LogP contribution in [-0.4, -0.2) is 45.0 Å². The zero-order valence-electron chi connectivity index (χ0n) is 13.6. The molecule has 0 radical (unpaired) electrons. The first-order valence-electron chi connectivity index (χ1n) is 7.26. The smallest absolute Gasteiger partial charge is 0.313 e. The first kappa shape index (κ1) is 21.8. The second kappa shape index (κ2) is 10.7. The lowest BCUT2D eigenvalue weighted by atomic mass is 10.2. The minimum Gasteiger partial charge on any atom is -0.463 e. The molecular formula is C15H15F5O6. The molecule has 146 valence electrons. The Bertz CT molecular complexity index is 623. The lowest BCUT2D eigenvalue weighted by molar-refractivity contribution is -0.142. The first-order chi connectivity index (χ1) is 12.3. The fraction of sp³-hybridized carbons (Fsp3) is 0.467. The van der Waals surface area contributed by atoms with E-state index in [0.29, 0.717) is 0 Å². The van der Waals surface area contributed by atoms with E-state index in [1.54, 1.807) is 0 Å². The van der Waals surface area contributed by atoms with Crippen molar-refractivity contribution in [1.82, 2.24) is 0 Å². The van der Waals surface area contributed by atoms with Gasteiger partial charge in [-0.3, -0.25) is 9.59 Å². The van der Waals surface area contributed by atoms with Crippen LogP contribution in [0.5, 0.6) is 5.75 Å². The molecule has 0 aliphatic rings. The molecular weight excluding hydrogens is 371 g/mol. The van der Waals surface area contributed by atoms with Crippen LogP contribution in [0.3, 0.4) is 0 Å². The number of hydrogen-bond donors (Lipinski definition) is 0. The molecule has 26 heavy (non-hydrogen) atoms. The third-order valence-electron chi connectivity index (χ3n) is 2.74. The van der Waals surface area contributed by atoms with Crippen LogP contribution in [0.2, 0.25) is 0 Å². The lowest BCUT2D eigenvalue weighted by Crippen LogP contribution is -2.16. The van der Waals surface area contributed by atoms with E-state index in [-0.39, 0.29) is 33.0 Å². The summed E-state index contributed by atoms with van der Waals surface area (Å²) in [5.74, 6) is -14.6. The largest absolute Gasteiger partial charge is 0.463 e. The molecule has 0 bridgehead atoms. The van der Waals surface area contributed by atoms with Crippen molar-refractivity contribution in [3.8, 4) is 5.75 Å². The third-order valence-corrected chi connectivity index (χ3v) is 2.74. The number of carbonyl (C=O) groups excluding carboxylic acids is 2. The maximum absolute atomic E-state index is 13.3. The van der Waals surface area contributed by atoms with E-state index in [1.807, 2.05) is 0 Å². The van der Waals surface area contributed by atoms with E-state index in [2.05, 4.69) is 9.47 Å². The first-order valence-corrected chi connectivity index (χ1v) is 7.26. The summed E-state index contributed by atoms with van der Waals surface area (Å²) in [4.78, 5) is 21.9. The predicted octanol–water partition coefficient (Wildman–Crippen LogP) is 2.27. The summed E-state index contributed by atoms with van der Waals surface area (Å²) in [6, 6.07) is 0. The molecule has 0 unspecified atom stereocenters. The van der Waals surface area contributed by atoms with Crippen molar-refractivity contribution >= 4 is 11.9 Å². The molecule has 0 saturated heterocycles. The minimum atomic E-state index is -2.35. The number of ether oxygens (including phenoxy) is 4. The molecule has 0 N–H and O–H groups in total. The highest BCUT2D eigenvalue weighted by atomic mass is 19.2. The number of esters is 2. The number of hydrogen-bond acceptors (Lipinski definition) is 6. The van der Waals surface area contributed by atoms with Gasteiger partial charge in [-0.15, -0.1) is 0 Å². The molecule has 0 aromatic heterocycles. The fourth-order valence-electron chi connectivity index (χ4n) is 1.56. The monoisotopic (exact) mass is 386 g/mol. The van der Waals surface area contributed by atoms with Crippen molar-refractivity contribution in [3.05, 3.63) is 29.1 Å². The molecule has 1 aromatic rings. The summed E-state index contributed by atoms with van der Waals surface area (Å²) in [5, 5.41) is 0. The Hall–Kier alpha value is -2.27. The fourth-order valence-corrected chi connectivity index (χ4v) is 1.56. The highest BCUT2D eigenvalue weighted by Crippen LogP contribution is 2.29. The van der Waals surface area contributed by atoms with Crippen LogP contribution in [0, 0.1) is 29.1 Å². The average molecular weight is 386 g/mol. The molecule has 0 aliphatic carbocycles. The summed E-state index contributed by atoms with van der Waals surface area (Å²) < 4.78 is 84.2. The quantitative estimate of drug-likeness (QED) is 0.153. The van der Waals surface area contributed by atoms with Gasteiger partial charge in [0.05, 0.1) is 32.8 Å². The van der Waals surface area contributed by atoms with Gasteiger partial charge >= 0.3 is 11.9 Å². The summed E-state index contributed by atoms with van der Waals surface area (Å²) in [5.41, 5.74) is 0. The highest BCUT2D eigenvalue weighted by molar-refractivity contribution is 5.72. The number of rotatable bonds is 10. The molecule has 0 atom stereocenters. The van der Waals surface area contributed by atoms with Gasteiger partial charge in [0, 0.05) is 6.92 Å². The van der Waals surface area contributed by atoms with Crippen molar-refractivity contribution in [1.29, 1.82) is 0 Å². The molecule has 0 saturated carbocycles. The summed E-state index contributed by atoms with van der Waals surface area (Å²) in [6.45, 7) is 1.40. The Morgan fingerprint density at radius 3 is 1.73 bits per heavy atom. The summed E-state index contributed by atoms with van der Waals surface area (Å²) in [6.07, 6.45) is -0.493. The normalized spacial score (nSPS) is 10.7. The lowest BCUT2D eigenvalue weighted by Gasteiger charge is -2.09. The van der Waals surface area contributed by atoms with Gasteiger partial charge in [-0.05, 0) is 0 Å². The highest BCUT2D eigenvalue weighted by Gasteiger charge is 2.28. The van der Waals surface area contributed by atoms with E-state index < -0.39 is 53.2 Å². The Balaban J connectivity index is 2.31. The van der Waals surface area contributed by atoms with Gasteiger partial charge in [0.1, 0.15) is 6.61 Å². The number of carbonyl (C=O) groups is 2. The standard InChI is InChI=1S/C15H15F5O6/c1-8(21)25-7-6-24-5-4-23-3-2-9(22)26-15-13(19)11(17)10(16)12(18)14(15)20/h2-7H2,1H3. The van der Waals surface area contributed by atoms with Gasteiger partial charge in [0.2, 0.25) is 34.8 Å². The second-order valence-electron chi connectivity index (χ2n) is 4.69. The van der Waals surface area contributed by atoms with Crippen molar-refractivity contribution in [2.45, 2.75) is 13.3 Å². The molecule has 11 heteroatoms. The molecule has 0 amide bonds. The van der Waals surface area contributed by atoms with Crippen LogP contribution < -0.4 is 4.74 Å². The maximum Gasteiger partial charge on any atom is 0.313 e. The van der Waals surface area contributed by atoms with Crippen LogP contribution in [0.4, 0.5) is 22.0 Å². The second-order valence-corrected chi connectivity index (χ2v) is 4.69. The van der Waals surface area contributed by atoms with Gasteiger partial charge in [-0.2, -0.15) is 8.78 Å². The average Bonchev–Trinajstić information content (AvgIpc) is 2.60. The van der Waals surface area contributed by atoms with Crippen LogP contribution in [0.15, 0.2) is 0 Å². The summed E-state index contributed by atoms with van der Waals surface area (Å²) in [7, 11) is 0. The Morgan fingerprint density at radius 2 is 1.19 bits per heavy atom. The zero-order chi connectivity index (χ0) is 19.7. The van der Waals surface area contributed by atoms with Crippen LogP contribution >= 0.6 is 0 Å². The van der Waals surface area contributed by atoms with E-state index >= 15 is 0 Å². The molecule has 6 nitrogen and oxygen atoms in total. The summed E-state index contributed by atoms with van der Waals surface area (Å²) >= 11 is 0. The van der Waals surface area contributed by atoms with Gasteiger partial charge in [0.15, 0.2) is 0 Å². The minimum absolute atomic E-state index is 0.0515. The molecule has 0 heterocycles. The van der Waals surface area contributed by atoms with Gasteiger partial charge < -0.3 is 18.9 Å². The third kappa shape index (κ3) is 6.56.